The summed E-state index contributed by atoms with van der Waals surface area (Å²) < 4.78 is 15.5. The van der Waals surface area contributed by atoms with Gasteiger partial charge in [0, 0.05) is 11.8 Å². The van der Waals surface area contributed by atoms with Crippen LogP contribution in [0.25, 0.3) is 10.9 Å². The zero-order valence-corrected chi connectivity index (χ0v) is 13.8. The SMILES string of the molecule is Cc1nc2cc(Cl)c(/C=N/[S@](=O)C(C)(C)C)cc2c(=O)[nH]1. The van der Waals surface area contributed by atoms with Gasteiger partial charge >= 0.3 is 0 Å². The van der Waals surface area contributed by atoms with Gasteiger partial charge in [-0.15, -0.1) is 0 Å². The molecule has 0 saturated carbocycles. The Labute approximate surface area is 130 Å². The maximum Gasteiger partial charge on any atom is 0.258 e. The van der Waals surface area contributed by atoms with Crippen molar-refractivity contribution in [2.24, 2.45) is 4.40 Å². The molecule has 1 atom stereocenters. The summed E-state index contributed by atoms with van der Waals surface area (Å²) in [5.41, 5.74) is 0.828. The molecule has 1 N–H and O–H groups in total. The molecule has 0 aliphatic rings. The smallest absolute Gasteiger partial charge is 0.258 e. The van der Waals surface area contributed by atoms with Crippen LogP contribution < -0.4 is 5.56 Å². The van der Waals surface area contributed by atoms with Crippen molar-refractivity contribution in [1.29, 1.82) is 0 Å². The van der Waals surface area contributed by atoms with Gasteiger partial charge in [0.1, 0.15) is 16.8 Å². The van der Waals surface area contributed by atoms with Crippen LogP contribution >= 0.6 is 11.6 Å². The Hall–Kier alpha value is -1.53. The first-order valence-corrected chi connectivity index (χ1v) is 7.83. The van der Waals surface area contributed by atoms with E-state index in [1.165, 1.54) is 6.21 Å². The highest BCUT2D eigenvalue weighted by atomic mass is 35.5. The fourth-order valence-corrected chi connectivity index (χ4v) is 2.39. The van der Waals surface area contributed by atoms with Crippen molar-refractivity contribution in [3.8, 4) is 0 Å². The lowest BCUT2D eigenvalue weighted by molar-refractivity contribution is 0.651. The second-order valence-electron chi connectivity index (χ2n) is 5.64. The van der Waals surface area contributed by atoms with Crippen LogP contribution in [0.5, 0.6) is 0 Å². The van der Waals surface area contributed by atoms with E-state index >= 15 is 0 Å². The average molecular weight is 326 g/mol. The fourth-order valence-electron chi connectivity index (χ4n) is 1.66. The number of nitrogens with one attached hydrogen (secondary N) is 1. The predicted molar refractivity (Wildman–Crippen MR) is 87.6 cm³/mol. The predicted octanol–water partition coefficient (Wildman–Crippen LogP) is 2.77. The van der Waals surface area contributed by atoms with Crippen LogP contribution in [0.1, 0.15) is 32.2 Å². The molecule has 1 heterocycles. The molecular formula is C14H16ClN3O2S. The summed E-state index contributed by atoms with van der Waals surface area (Å²) >= 11 is 6.16. The molecule has 1 aromatic carbocycles. The van der Waals surface area contributed by atoms with Crippen LogP contribution in [0.4, 0.5) is 0 Å². The van der Waals surface area contributed by atoms with Crippen molar-refractivity contribution in [2.45, 2.75) is 32.4 Å². The molecule has 0 aliphatic carbocycles. The summed E-state index contributed by atoms with van der Waals surface area (Å²) in [6, 6.07) is 3.22. The van der Waals surface area contributed by atoms with Crippen LogP contribution in [0.15, 0.2) is 21.3 Å². The number of halogens is 1. The molecule has 21 heavy (non-hydrogen) atoms. The molecule has 0 unspecified atom stereocenters. The van der Waals surface area contributed by atoms with E-state index in [9.17, 15) is 9.00 Å². The maximum atomic E-state index is 11.9. The van der Waals surface area contributed by atoms with Gasteiger partial charge < -0.3 is 4.98 Å². The molecule has 0 radical (unpaired) electrons. The summed E-state index contributed by atoms with van der Waals surface area (Å²) in [4.78, 5) is 18.8. The Kier molecular flexibility index (Phi) is 4.30. The summed E-state index contributed by atoms with van der Waals surface area (Å²) in [5, 5.41) is 0.836. The van der Waals surface area contributed by atoms with E-state index < -0.39 is 15.7 Å². The van der Waals surface area contributed by atoms with Crippen LogP contribution in [-0.2, 0) is 11.0 Å². The van der Waals surface area contributed by atoms with E-state index in [0.29, 0.717) is 27.3 Å². The molecule has 5 nitrogen and oxygen atoms in total. The molecule has 0 spiro atoms. The average Bonchev–Trinajstić information content (AvgIpc) is 2.34. The van der Waals surface area contributed by atoms with Gasteiger partial charge in [-0.3, -0.25) is 4.79 Å². The van der Waals surface area contributed by atoms with Gasteiger partial charge in [-0.05, 0) is 39.8 Å². The molecule has 0 amide bonds. The van der Waals surface area contributed by atoms with Crippen molar-refractivity contribution in [1.82, 2.24) is 9.97 Å². The van der Waals surface area contributed by atoms with E-state index in [2.05, 4.69) is 14.4 Å². The number of fused-ring (bicyclic) bond motifs is 1. The monoisotopic (exact) mass is 325 g/mol. The van der Waals surface area contributed by atoms with Gasteiger partial charge in [0.05, 0.1) is 20.7 Å². The van der Waals surface area contributed by atoms with Crippen LogP contribution in [0.2, 0.25) is 5.02 Å². The maximum absolute atomic E-state index is 11.9. The molecular weight excluding hydrogens is 310 g/mol. The second kappa shape index (κ2) is 5.69. The molecule has 0 saturated heterocycles. The molecule has 112 valence electrons. The lowest BCUT2D eigenvalue weighted by Gasteiger charge is -2.12. The second-order valence-corrected chi connectivity index (χ2v) is 7.98. The third kappa shape index (κ3) is 3.57. The Morgan fingerprint density at radius 1 is 1.38 bits per heavy atom. The fraction of sp³-hybridized carbons (Fsp3) is 0.357. The van der Waals surface area contributed by atoms with E-state index in [1.54, 1.807) is 19.1 Å². The lowest BCUT2D eigenvalue weighted by Crippen LogP contribution is -2.19. The highest BCUT2D eigenvalue weighted by Gasteiger charge is 2.18. The number of nitrogens with zero attached hydrogens (tertiary/aromatic N) is 2. The first-order chi connectivity index (χ1) is 9.68. The quantitative estimate of drug-likeness (QED) is 0.863. The lowest BCUT2D eigenvalue weighted by atomic mass is 10.1. The highest BCUT2D eigenvalue weighted by molar-refractivity contribution is 7.85. The number of aromatic nitrogens is 2. The number of rotatable bonds is 2. The van der Waals surface area contributed by atoms with Gasteiger partial charge in [0.15, 0.2) is 0 Å². The van der Waals surface area contributed by atoms with Crippen molar-refractivity contribution in [2.75, 3.05) is 0 Å². The summed E-state index contributed by atoms with van der Waals surface area (Å²) in [6.45, 7) is 7.20. The minimum absolute atomic E-state index is 0.235. The van der Waals surface area contributed by atoms with Crippen LogP contribution in [0, 0.1) is 6.92 Å². The minimum atomic E-state index is -1.38. The van der Waals surface area contributed by atoms with Gasteiger partial charge in [0.2, 0.25) is 0 Å². The van der Waals surface area contributed by atoms with Crippen molar-refractivity contribution in [3.05, 3.63) is 38.9 Å². The van der Waals surface area contributed by atoms with Crippen molar-refractivity contribution >= 4 is 39.7 Å². The Morgan fingerprint density at radius 3 is 2.67 bits per heavy atom. The van der Waals surface area contributed by atoms with E-state index in [4.69, 9.17) is 11.6 Å². The standard InChI is InChI=1S/C14H16ClN3O2S/c1-8-17-12-6-11(15)9(5-10(12)13(19)18-8)7-16-21(20)14(2,3)4/h5-7H,1-4H3,(H,17,18,19)/b16-7+/t21-/m1/s1. The molecule has 1 aromatic heterocycles. The summed E-state index contributed by atoms with van der Waals surface area (Å²) in [6.07, 6.45) is 1.43. The number of H-pyrrole nitrogens is 1. The molecule has 2 rings (SSSR count). The summed E-state index contributed by atoms with van der Waals surface area (Å²) in [5.74, 6) is 0.527. The zero-order valence-electron chi connectivity index (χ0n) is 12.2. The molecule has 0 bridgehead atoms. The van der Waals surface area contributed by atoms with Crippen molar-refractivity contribution in [3.63, 3.8) is 0 Å². The van der Waals surface area contributed by atoms with Gasteiger partial charge in [-0.25, -0.2) is 9.19 Å². The third-order valence-corrected chi connectivity index (χ3v) is 4.43. The minimum Gasteiger partial charge on any atom is -0.310 e. The van der Waals surface area contributed by atoms with Gasteiger partial charge in [-0.2, -0.15) is 4.40 Å². The largest absolute Gasteiger partial charge is 0.310 e. The first-order valence-electron chi connectivity index (χ1n) is 6.35. The molecule has 7 heteroatoms. The number of aromatic amines is 1. The Bertz CT molecular complexity index is 806. The highest BCUT2D eigenvalue weighted by Crippen LogP contribution is 2.20. The number of hydrogen-bond acceptors (Lipinski definition) is 3. The van der Waals surface area contributed by atoms with E-state index in [-0.39, 0.29) is 5.56 Å². The number of benzene rings is 1. The molecule has 0 aliphatic heterocycles. The summed E-state index contributed by atoms with van der Waals surface area (Å²) in [7, 11) is -1.38. The van der Waals surface area contributed by atoms with Crippen molar-refractivity contribution < 1.29 is 4.21 Å². The molecule has 2 aromatic rings. The zero-order chi connectivity index (χ0) is 15.8. The number of aryl methyl sites for hydroxylation is 1. The molecule has 0 fully saturated rings. The topological polar surface area (TPSA) is 75.2 Å². The Balaban J connectivity index is 2.51. The number of hydrogen-bond donors (Lipinski definition) is 1. The van der Waals surface area contributed by atoms with Crippen LogP contribution in [-0.4, -0.2) is 25.1 Å². The first kappa shape index (κ1) is 15.9. The van der Waals surface area contributed by atoms with E-state index in [1.807, 2.05) is 20.8 Å². The van der Waals surface area contributed by atoms with Crippen LogP contribution in [0.3, 0.4) is 0 Å². The third-order valence-electron chi connectivity index (χ3n) is 2.75. The van der Waals surface area contributed by atoms with E-state index in [0.717, 1.165) is 0 Å². The van der Waals surface area contributed by atoms with Gasteiger partial charge in [-0.1, -0.05) is 11.6 Å². The van der Waals surface area contributed by atoms with Gasteiger partial charge in [0.25, 0.3) is 5.56 Å². The normalized spacial score (nSPS) is 14.0. The Morgan fingerprint density at radius 2 is 2.05 bits per heavy atom.